The Labute approximate surface area is 182 Å². The number of aryl methyl sites for hydroxylation is 2. The van der Waals surface area contributed by atoms with Crippen LogP contribution in [0.4, 0.5) is 32.0 Å². The lowest BCUT2D eigenvalue weighted by Gasteiger charge is -2.08. The number of carboxylic acid groups (broad SMARTS) is 1. The van der Waals surface area contributed by atoms with Crippen molar-refractivity contribution in [2.45, 2.75) is 26.2 Å². The zero-order valence-electron chi connectivity index (χ0n) is 17.3. The van der Waals surface area contributed by atoms with Crippen molar-refractivity contribution < 1.29 is 41.0 Å². The van der Waals surface area contributed by atoms with Crippen LogP contribution in [0.2, 0.25) is 0 Å². The molecule has 33 heavy (non-hydrogen) atoms. The highest BCUT2D eigenvalue weighted by atomic mass is 19.4. The van der Waals surface area contributed by atoms with Crippen molar-refractivity contribution in [3.8, 4) is 5.69 Å². The molecule has 0 radical (unpaired) electrons. The maximum atomic E-state index is 12.8. The molecular weight excluding hydrogens is 460 g/mol. The molecule has 2 N–H and O–H groups in total. The Balaban J connectivity index is 0.000000479. The van der Waals surface area contributed by atoms with Crippen molar-refractivity contribution in [3.63, 3.8) is 0 Å². The molecule has 0 spiro atoms. The second-order valence-corrected chi connectivity index (χ2v) is 6.63. The van der Waals surface area contributed by atoms with Crippen LogP contribution in [0, 0.1) is 13.8 Å². The fraction of sp³-hybridized carbons (Fsp3) is 0.263. The number of alkyl halides is 6. The number of hydrogen-bond acceptors (Lipinski definition) is 4. The third kappa shape index (κ3) is 6.33. The summed E-state index contributed by atoms with van der Waals surface area (Å²) >= 11 is 0. The molecule has 178 valence electrons. The van der Waals surface area contributed by atoms with E-state index < -0.39 is 29.9 Å². The van der Waals surface area contributed by atoms with Gasteiger partial charge in [0.25, 0.3) is 5.91 Å². The van der Waals surface area contributed by atoms with Crippen molar-refractivity contribution in [1.82, 2.24) is 19.3 Å². The van der Waals surface area contributed by atoms with E-state index in [0.29, 0.717) is 10.4 Å². The van der Waals surface area contributed by atoms with Crippen LogP contribution < -0.4 is 5.32 Å². The molecular formula is C19H17F6N5O3. The number of amides is 1. The van der Waals surface area contributed by atoms with E-state index >= 15 is 0 Å². The SMILES string of the molecule is Cc1ncn(-c2ccc(NC(=O)c3cc(C(F)(F)F)n(C)n3)cc2)c1C.O=C(O)C(F)(F)F. The van der Waals surface area contributed by atoms with E-state index in [0.717, 1.165) is 30.2 Å². The molecule has 2 aromatic heterocycles. The van der Waals surface area contributed by atoms with Gasteiger partial charge in [0.1, 0.15) is 5.69 Å². The smallest absolute Gasteiger partial charge is 0.475 e. The summed E-state index contributed by atoms with van der Waals surface area (Å²) in [6.07, 6.45) is -7.95. The standard InChI is InChI=1S/C17H16F3N5O.C2HF3O2/c1-10-11(2)25(9-21-10)13-6-4-12(5-7-13)22-16(26)14-8-15(17(18,19)20)24(3)23-14;3-2(4,5)1(6)7/h4-9H,1-3H3,(H,22,26);(H,6,7). The monoisotopic (exact) mass is 477 g/mol. The maximum Gasteiger partial charge on any atom is 0.490 e. The Morgan fingerprint density at radius 1 is 1.03 bits per heavy atom. The van der Waals surface area contributed by atoms with Crippen molar-refractivity contribution in [3.05, 3.63) is 59.4 Å². The molecule has 0 saturated carbocycles. The third-order valence-corrected chi connectivity index (χ3v) is 4.30. The van der Waals surface area contributed by atoms with Crippen LogP contribution >= 0.6 is 0 Å². The number of benzene rings is 1. The highest BCUT2D eigenvalue weighted by Gasteiger charge is 2.38. The molecule has 0 fully saturated rings. The molecule has 0 bridgehead atoms. The molecule has 0 aliphatic heterocycles. The largest absolute Gasteiger partial charge is 0.490 e. The fourth-order valence-corrected chi connectivity index (χ4v) is 2.50. The van der Waals surface area contributed by atoms with Gasteiger partial charge in [-0.2, -0.15) is 31.4 Å². The van der Waals surface area contributed by atoms with Crippen LogP contribution in [0.5, 0.6) is 0 Å². The van der Waals surface area contributed by atoms with Gasteiger partial charge >= 0.3 is 18.3 Å². The summed E-state index contributed by atoms with van der Waals surface area (Å²) in [7, 11) is 1.14. The molecule has 1 amide bonds. The Morgan fingerprint density at radius 3 is 1.97 bits per heavy atom. The Bertz CT molecular complexity index is 1150. The normalized spacial score (nSPS) is 11.5. The molecule has 8 nitrogen and oxygen atoms in total. The molecule has 0 atom stereocenters. The van der Waals surface area contributed by atoms with Gasteiger partial charge in [-0.25, -0.2) is 9.78 Å². The molecule has 0 saturated heterocycles. The number of nitrogens with zero attached hydrogens (tertiary/aromatic N) is 4. The number of carbonyl (C=O) groups is 2. The highest BCUT2D eigenvalue weighted by molar-refractivity contribution is 6.03. The zero-order valence-corrected chi connectivity index (χ0v) is 17.3. The van der Waals surface area contributed by atoms with E-state index in [1.807, 2.05) is 18.4 Å². The van der Waals surface area contributed by atoms with Gasteiger partial charge in [0.2, 0.25) is 0 Å². The van der Waals surface area contributed by atoms with Crippen LogP contribution in [0.3, 0.4) is 0 Å². The minimum absolute atomic E-state index is 0.301. The molecule has 14 heteroatoms. The first kappa shape index (κ1) is 25.4. The quantitative estimate of drug-likeness (QED) is 0.553. The Hall–Kier alpha value is -3.84. The van der Waals surface area contributed by atoms with Gasteiger partial charge in [-0.15, -0.1) is 0 Å². The van der Waals surface area contributed by atoms with E-state index in [2.05, 4.69) is 15.4 Å². The van der Waals surface area contributed by atoms with E-state index in [1.165, 1.54) is 0 Å². The number of halogens is 6. The minimum Gasteiger partial charge on any atom is -0.475 e. The first-order chi connectivity index (χ1) is 15.1. The zero-order chi connectivity index (χ0) is 25.1. The van der Waals surface area contributed by atoms with E-state index in [4.69, 9.17) is 9.90 Å². The molecule has 0 aliphatic rings. The topological polar surface area (TPSA) is 102 Å². The summed E-state index contributed by atoms with van der Waals surface area (Å²) < 4.78 is 72.7. The van der Waals surface area contributed by atoms with Crippen LogP contribution in [-0.4, -0.2) is 42.5 Å². The van der Waals surface area contributed by atoms with Gasteiger partial charge in [0.15, 0.2) is 5.69 Å². The highest BCUT2D eigenvalue weighted by Crippen LogP contribution is 2.29. The maximum absolute atomic E-state index is 12.8. The minimum atomic E-state index is -5.08. The number of aromatic nitrogens is 4. The van der Waals surface area contributed by atoms with E-state index in [9.17, 15) is 31.1 Å². The number of imidazole rings is 1. The van der Waals surface area contributed by atoms with Crippen LogP contribution in [-0.2, 0) is 18.0 Å². The number of rotatable bonds is 3. The van der Waals surface area contributed by atoms with Gasteiger partial charge in [0.05, 0.1) is 12.0 Å². The number of carboxylic acids is 1. The second-order valence-electron chi connectivity index (χ2n) is 6.63. The van der Waals surface area contributed by atoms with Crippen molar-refractivity contribution >= 4 is 17.6 Å². The van der Waals surface area contributed by atoms with Crippen molar-refractivity contribution in [1.29, 1.82) is 0 Å². The summed E-state index contributed by atoms with van der Waals surface area (Å²) in [6.45, 7) is 3.85. The Morgan fingerprint density at radius 2 is 1.58 bits per heavy atom. The average molecular weight is 477 g/mol. The van der Waals surface area contributed by atoms with E-state index in [-0.39, 0.29) is 5.69 Å². The molecule has 0 aliphatic carbocycles. The fourth-order valence-electron chi connectivity index (χ4n) is 2.50. The van der Waals surface area contributed by atoms with Gasteiger partial charge < -0.3 is 15.0 Å². The van der Waals surface area contributed by atoms with Gasteiger partial charge in [-0.3, -0.25) is 9.48 Å². The lowest BCUT2D eigenvalue weighted by atomic mass is 10.2. The third-order valence-electron chi connectivity index (χ3n) is 4.30. The number of hydrogen-bond donors (Lipinski definition) is 2. The first-order valence-corrected chi connectivity index (χ1v) is 8.95. The summed E-state index contributed by atoms with van der Waals surface area (Å²) in [6, 6.07) is 7.61. The molecule has 1 aromatic carbocycles. The molecule has 3 aromatic rings. The number of anilines is 1. The second kappa shape index (κ2) is 9.34. The van der Waals surface area contributed by atoms with Crippen LogP contribution in [0.1, 0.15) is 27.6 Å². The van der Waals surface area contributed by atoms with E-state index in [1.54, 1.807) is 30.6 Å². The summed E-state index contributed by atoms with van der Waals surface area (Å²) in [4.78, 5) is 25.3. The van der Waals surface area contributed by atoms with Gasteiger partial charge in [-0.1, -0.05) is 0 Å². The predicted octanol–water partition coefficient (Wildman–Crippen LogP) is 4.13. The summed E-state index contributed by atoms with van der Waals surface area (Å²) in [5.41, 5.74) is 1.94. The predicted molar refractivity (Wildman–Crippen MR) is 103 cm³/mol. The lowest BCUT2D eigenvalue weighted by Crippen LogP contribution is -2.21. The number of nitrogens with one attached hydrogen (secondary N) is 1. The van der Waals surface area contributed by atoms with Crippen LogP contribution in [0.15, 0.2) is 36.7 Å². The average Bonchev–Trinajstić information content (AvgIpc) is 3.25. The first-order valence-electron chi connectivity index (χ1n) is 8.95. The van der Waals surface area contributed by atoms with Gasteiger partial charge in [0, 0.05) is 30.2 Å². The Kier molecular flexibility index (Phi) is 7.19. The van der Waals surface area contributed by atoms with Crippen molar-refractivity contribution in [2.75, 3.05) is 5.32 Å². The summed E-state index contributed by atoms with van der Waals surface area (Å²) in [5.74, 6) is -3.47. The lowest BCUT2D eigenvalue weighted by molar-refractivity contribution is -0.192. The van der Waals surface area contributed by atoms with Crippen molar-refractivity contribution in [2.24, 2.45) is 7.05 Å². The molecule has 3 rings (SSSR count). The molecule has 0 unspecified atom stereocenters. The number of aliphatic carboxylic acids is 1. The number of carbonyl (C=O) groups excluding carboxylic acids is 1. The van der Waals surface area contributed by atoms with Crippen LogP contribution in [0.25, 0.3) is 5.69 Å². The summed E-state index contributed by atoms with van der Waals surface area (Å²) in [5, 5.41) is 13.3. The molecule has 2 heterocycles. The van der Waals surface area contributed by atoms with Gasteiger partial charge in [-0.05, 0) is 38.1 Å².